The molecule has 2 fully saturated rings. The highest BCUT2D eigenvalue weighted by molar-refractivity contribution is 5.82. The first-order valence-electron chi connectivity index (χ1n) is 7.51. The van der Waals surface area contributed by atoms with E-state index >= 15 is 0 Å². The fourth-order valence-corrected chi connectivity index (χ4v) is 3.48. The Morgan fingerprint density at radius 1 is 1.25 bits per heavy atom. The van der Waals surface area contributed by atoms with Gasteiger partial charge in [-0.2, -0.15) is 0 Å². The number of benzene rings is 1. The number of hydrogen-bond donors (Lipinski definition) is 2. The van der Waals surface area contributed by atoms with Crippen LogP contribution in [0, 0.1) is 11.8 Å². The van der Waals surface area contributed by atoms with Crippen LogP contribution >= 0.6 is 0 Å². The SMILES string of the molecule is N[C@@H](Cc1ccccc1)C(=O)N1C[C@@H]2CNC[C@@H](C2)C1. The summed E-state index contributed by atoms with van der Waals surface area (Å²) in [6.07, 6.45) is 1.88. The smallest absolute Gasteiger partial charge is 0.239 e. The summed E-state index contributed by atoms with van der Waals surface area (Å²) < 4.78 is 0. The zero-order valence-electron chi connectivity index (χ0n) is 11.8. The predicted molar refractivity (Wildman–Crippen MR) is 79.2 cm³/mol. The van der Waals surface area contributed by atoms with Crippen molar-refractivity contribution in [1.82, 2.24) is 10.2 Å². The average molecular weight is 273 g/mol. The van der Waals surface area contributed by atoms with Crippen molar-refractivity contribution in [2.75, 3.05) is 26.2 Å². The molecule has 2 aliphatic heterocycles. The first-order chi connectivity index (χ1) is 9.72. The molecule has 3 atom stereocenters. The lowest BCUT2D eigenvalue weighted by Crippen LogP contribution is -2.56. The zero-order chi connectivity index (χ0) is 13.9. The summed E-state index contributed by atoms with van der Waals surface area (Å²) in [5.41, 5.74) is 7.26. The maximum atomic E-state index is 12.5. The molecular formula is C16H23N3O. The van der Waals surface area contributed by atoms with Gasteiger partial charge in [0, 0.05) is 13.1 Å². The van der Waals surface area contributed by atoms with E-state index in [0.717, 1.165) is 31.7 Å². The third-order valence-corrected chi connectivity index (χ3v) is 4.42. The molecule has 2 saturated heterocycles. The summed E-state index contributed by atoms with van der Waals surface area (Å²) in [5, 5.41) is 3.45. The van der Waals surface area contributed by atoms with Crippen LogP contribution in [0.4, 0.5) is 0 Å². The normalized spacial score (nSPS) is 27.1. The molecular weight excluding hydrogens is 250 g/mol. The third-order valence-electron chi connectivity index (χ3n) is 4.42. The molecule has 2 aliphatic rings. The van der Waals surface area contributed by atoms with Gasteiger partial charge in [-0.15, -0.1) is 0 Å². The number of hydrogen-bond acceptors (Lipinski definition) is 3. The van der Waals surface area contributed by atoms with E-state index in [4.69, 9.17) is 5.73 Å². The largest absolute Gasteiger partial charge is 0.341 e. The molecule has 0 spiro atoms. The van der Waals surface area contributed by atoms with Crippen molar-refractivity contribution in [2.45, 2.75) is 18.9 Å². The molecule has 108 valence electrons. The Hall–Kier alpha value is -1.39. The van der Waals surface area contributed by atoms with E-state index in [9.17, 15) is 4.79 Å². The predicted octanol–water partition coefficient (Wildman–Crippen LogP) is 0.624. The molecule has 0 unspecified atom stereocenters. The van der Waals surface area contributed by atoms with Gasteiger partial charge >= 0.3 is 0 Å². The van der Waals surface area contributed by atoms with Crippen molar-refractivity contribution in [3.63, 3.8) is 0 Å². The van der Waals surface area contributed by atoms with Crippen LogP contribution in [-0.2, 0) is 11.2 Å². The van der Waals surface area contributed by atoms with Crippen LogP contribution in [0.1, 0.15) is 12.0 Å². The van der Waals surface area contributed by atoms with Gasteiger partial charge in [-0.3, -0.25) is 4.79 Å². The molecule has 4 heteroatoms. The van der Waals surface area contributed by atoms with Crippen molar-refractivity contribution in [3.8, 4) is 0 Å². The second-order valence-corrected chi connectivity index (χ2v) is 6.17. The average Bonchev–Trinajstić information content (AvgIpc) is 2.47. The molecule has 2 bridgehead atoms. The Labute approximate surface area is 120 Å². The molecule has 4 nitrogen and oxygen atoms in total. The van der Waals surface area contributed by atoms with Crippen molar-refractivity contribution in [2.24, 2.45) is 17.6 Å². The molecule has 2 heterocycles. The molecule has 1 aromatic carbocycles. The highest BCUT2D eigenvalue weighted by Gasteiger charge is 2.34. The summed E-state index contributed by atoms with van der Waals surface area (Å²) in [6.45, 7) is 3.80. The van der Waals surface area contributed by atoms with E-state index in [1.165, 1.54) is 6.42 Å². The topological polar surface area (TPSA) is 58.4 Å². The van der Waals surface area contributed by atoms with Gasteiger partial charge in [0.1, 0.15) is 0 Å². The Morgan fingerprint density at radius 3 is 2.55 bits per heavy atom. The Bertz CT molecular complexity index is 450. The summed E-state index contributed by atoms with van der Waals surface area (Å²) in [4.78, 5) is 14.5. The van der Waals surface area contributed by atoms with Crippen molar-refractivity contribution < 1.29 is 4.79 Å². The van der Waals surface area contributed by atoms with E-state index < -0.39 is 6.04 Å². The van der Waals surface area contributed by atoms with Crippen LogP contribution < -0.4 is 11.1 Å². The second-order valence-electron chi connectivity index (χ2n) is 6.17. The molecule has 0 saturated carbocycles. The van der Waals surface area contributed by atoms with Gasteiger partial charge in [-0.25, -0.2) is 0 Å². The molecule has 3 rings (SSSR count). The molecule has 0 radical (unpaired) electrons. The first kappa shape index (κ1) is 13.6. The quantitative estimate of drug-likeness (QED) is 0.849. The summed E-state index contributed by atoms with van der Waals surface area (Å²) in [5.74, 6) is 1.33. The standard InChI is InChI=1S/C16H23N3O/c17-15(7-12-4-2-1-3-5-12)16(20)19-10-13-6-14(11-19)9-18-8-13/h1-5,13-15,18H,6-11,17H2/t13-,14+,15-/m0/s1. The van der Waals surface area contributed by atoms with E-state index in [0.29, 0.717) is 18.3 Å². The van der Waals surface area contributed by atoms with Gasteiger partial charge < -0.3 is 16.0 Å². The zero-order valence-corrected chi connectivity index (χ0v) is 11.8. The number of amides is 1. The van der Waals surface area contributed by atoms with Gasteiger partial charge in [0.05, 0.1) is 6.04 Å². The van der Waals surface area contributed by atoms with Crippen LogP contribution in [0.15, 0.2) is 30.3 Å². The van der Waals surface area contributed by atoms with Gasteiger partial charge in [-0.05, 0) is 43.3 Å². The number of nitrogens with zero attached hydrogens (tertiary/aromatic N) is 1. The fraction of sp³-hybridized carbons (Fsp3) is 0.562. The van der Waals surface area contributed by atoms with E-state index in [1.807, 2.05) is 35.2 Å². The number of carbonyl (C=O) groups excluding carboxylic acids is 1. The number of piperidine rings is 2. The lowest BCUT2D eigenvalue weighted by Gasteiger charge is -2.42. The summed E-state index contributed by atoms with van der Waals surface area (Å²) >= 11 is 0. The Balaban J connectivity index is 1.60. The maximum absolute atomic E-state index is 12.5. The highest BCUT2D eigenvalue weighted by Crippen LogP contribution is 2.24. The monoisotopic (exact) mass is 273 g/mol. The van der Waals surface area contributed by atoms with Crippen LogP contribution in [0.5, 0.6) is 0 Å². The molecule has 0 aromatic heterocycles. The Kier molecular flexibility index (Phi) is 4.03. The van der Waals surface area contributed by atoms with Crippen LogP contribution in [0.3, 0.4) is 0 Å². The number of fused-ring (bicyclic) bond motifs is 2. The molecule has 0 aliphatic carbocycles. The fourth-order valence-electron chi connectivity index (χ4n) is 3.48. The van der Waals surface area contributed by atoms with Crippen LogP contribution in [0.2, 0.25) is 0 Å². The van der Waals surface area contributed by atoms with Gasteiger partial charge in [0.15, 0.2) is 0 Å². The Morgan fingerprint density at radius 2 is 1.90 bits per heavy atom. The van der Waals surface area contributed by atoms with Crippen LogP contribution in [-0.4, -0.2) is 43.0 Å². The van der Waals surface area contributed by atoms with E-state index in [1.54, 1.807) is 0 Å². The molecule has 3 N–H and O–H groups in total. The molecule has 1 amide bonds. The molecule has 1 aromatic rings. The van der Waals surface area contributed by atoms with Crippen molar-refractivity contribution in [1.29, 1.82) is 0 Å². The van der Waals surface area contributed by atoms with Gasteiger partial charge in [0.25, 0.3) is 0 Å². The number of nitrogens with one attached hydrogen (secondary N) is 1. The number of likely N-dealkylation sites (tertiary alicyclic amines) is 1. The minimum absolute atomic E-state index is 0.116. The van der Waals surface area contributed by atoms with Crippen molar-refractivity contribution in [3.05, 3.63) is 35.9 Å². The van der Waals surface area contributed by atoms with Gasteiger partial charge in [0.2, 0.25) is 5.91 Å². The number of carbonyl (C=O) groups is 1. The van der Waals surface area contributed by atoms with Crippen molar-refractivity contribution >= 4 is 5.91 Å². The molecule has 20 heavy (non-hydrogen) atoms. The maximum Gasteiger partial charge on any atom is 0.239 e. The minimum atomic E-state index is -0.413. The number of rotatable bonds is 3. The van der Waals surface area contributed by atoms with E-state index in [2.05, 4.69) is 5.32 Å². The highest BCUT2D eigenvalue weighted by atomic mass is 16.2. The third kappa shape index (κ3) is 3.02. The summed E-state index contributed by atoms with van der Waals surface area (Å²) in [7, 11) is 0. The first-order valence-corrected chi connectivity index (χ1v) is 7.51. The second kappa shape index (κ2) is 5.94. The summed E-state index contributed by atoms with van der Waals surface area (Å²) in [6, 6.07) is 9.61. The minimum Gasteiger partial charge on any atom is -0.341 e. The van der Waals surface area contributed by atoms with E-state index in [-0.39, 0.29) is 5.91 Å². The van der Waals surface area contributed by atoms with Gasteiger partial charge in [-0.1, -0.05) is 30.3 Å². The lowest BCUT2D eigenvalue weighted by atomic mass is 9.85. The lowest BCUT2D eigenvalue weighted by molar-refractivity contribution is -0.136. The van der Waals surface area contributed by atoms with Crippen LogP contribution in [0.25, 0.3) is 0 Å². The number of nitrogens with two attached hydrogens (primary N) is 1.